The third-order valence-corrected chi connectivity index (χ3v) is 1.84. The van der Waals surface area contributed by atoms with Crippen molar-refractivity contribution in [3.8, 4) is 0 Å². The first kappa shape index (κ1) is 12.2. The fraction of sp³-hybridized carbons (Fsp3) is 1.00. The van der Waals surface area contributed by atoms with Crippen LogP contribution in [0.1, 0.15) is 0 Å². The van der Waals surface area contributed by atoms with E-state index in [9.17, 15) is 0 Å². The second kappa shape index (κ2) is 7.86. The molecule has 0 saturated carbocycles. The van der Waals surface area contributed by atoms with Crippen LogP contribution in [0, 0.1) is 0 Å². The number of hydrogen-bond donors (Lipinski definition) is 3. The molecule has 0 unspecified atom stereocenters. The summed E-state index contributed by atoms with van der Waals surface area (Å²) < 4.78 is 4.61. The predicted molar refractivity (Wildman–Crippen MR) is 48.7 cm³/mol. The van der Waals surface area contributed by atoms with Crippen molar-refractivity contribution in [1.29, 1.82) is 0 Å². The molecule has 0 radical (unpaired) electrons. The summed E-state index contributed by atoms with van der Waals surface area (Å²) in [6, 6.07) is 0. The van der Waals surface area contributed by atoms with Gasteiger partial charge in [-0.2, -0.15) is 0 Å². The molecule has 5 nitrogen and oxygen atoms in total. The first-order valence-corrected chi connectivity index (χ1v) is 4.97. The zero-order chi connectivity index (χ0) is 9.40. The number of nitrogens with zero attached hydrogens (tertiary/aromatic N) is 1. The molecule has 0 spiro atoms. The van der Waals surface area contributed by atoms with E-state index < -0.39 is 8.60 Å². The van der Waals surface area contributed by atoms with Crippen molar-refractivity contribution in [3.63, 3.8) is 0 Å². The van der Waals surface area contributed by atoms with Crippen molar-refractivity contribution in [3.05, 3.63) is 0 Å². The van der Waals surface area contributed by atoms with Gasteiger partial charge in [0.2, 0.25) is 0 Å². The van der Waals surface area contributed by atoms with Crippen molar-refractivity contribution in [2.45, 2.75) is 0 Å². The molecule has 0 saturated heterocycles. The molecule has 6 heteroatoms. The van der Waals surface area contributed by atoms with Crippen molar-refractivity contribution in [2.24, 2.45) is 0 Å². The summed E-state index contributed by atoms with van der Waals surface area (Å²) in [6.45, 7) is 2.92. The van der Waals surface area contributed by atoms with E-state index in [0.29, 0.717) is 13.2 Å². The zero-order valence-corrected chi connectivity index (χ0v) is 8.42. The molecule has 0 bridgehead atoms. The lowest BCUT2D eigenvalue weighted by Gasteiger charge is -2.15. The molecule has 12 heavy (non-hydrogen) atoms. The Morgan fingerprint density at radius 3 is 2.58 bits per heavy atom. The molecule has 0 amide bonds. The van der Waals surface area contributed by atoms with Gasteiger partial charge in [-0.15, -0.1) is 0 Å². The molecule has 0 aliphatic rings. The van der Waals surface area contributed by atoms with Crippen LogP contribution in [0.15, 0.2) is 0 Å². The Morgan fingerprint density at radius 1 is 1.42 bits per heavy atom. The van der Waals surface area contributed by atoms with Gasteiger partial charge in [0, 0.05) is 19.6 Å². The van der Waals surface area contributed by atoms with Crippen LogP contribution in [0.4, 0.5) is 0 Å². The smallest absolute Gasteiger partial charge is 0.327 e. The minimum absolute atomic E-state index is 0.360. The van der Waals surface area contributed by atoms with E-state index in [-0.39, 0.29) is 0 Å². The second-order valence-electron chi connectivity index (χ2n) is 2.49. The third-order valence-electron chi connectivity index (χ3n) is 1.42. The summed E-state index contributed by atoms with van der Waals surface area (Å²) >= 11 is 0. The number of likely N-dealkylation sites (N-methyl/N-ethyl adjacent to an activating group) is 2. The van der Waals surface area contributed by atoms with Crippen LogP contribution in [0.25, 0.3) is 0 Å². The maximum Gasteiger partial charge on any atom is 0.327 e. The molecule has 0 aliphatic carbocycles. The largest absolute Gasteiger partial charge is 0.328 e. The molecule has 0 heterocycles. The molecule has 3 N–H and O–H groups in total. The summed E-state index contributed by atoms with van der Waals surface area (Å²) in [5, 5.41) is 3.02. The van der Waals surface area contributed by atoms with Gasteiger partial charge in [-0.05, 0) is 14.1 Å². The van der Waals surface area contributed by atoms with Gasteiger partial charge in [0.25, 0.3) is 0 Å². The van der Waals surface area contributed by atoms with Crippen LogP contribution >= 0.6 is 8.60 Å². The Hall–Kier alpha value is 0.230. The summed E-state index contributed by atoms with van der Waals surface area (Å²) in [5.41, 5.74) is 0. The Morgan fingerprint density at radius 2 is 2.08 bits per heavy atom. The summed E-state index contributed by atoms with van der Waals surface area (Å²) in [5.74, 6) is 0. The quantitative estimate of drug-likeness (QED) is 0.473. The van der Waals surface area contributed by atoms with Gasteiger partial charge in [-0.25, -0.2) is 0 Å². The Labute approximate surface area is 74.3 Å². The molecule has 0 fully saturated rings. The van der Waals surface area contributed by atoms with Crippen molar-refractivity contribution in [1.82, 2.24) is 10.2 Å². The summed E-state index contributed by atoms with van der Waals surface area (Å²) in [6.07, 6.45) is 0. The lowest BCUT2D eigenvalue weighted by atomic mass is 10.5. The molecule has 0 aliphatic heterocycles. The molecule has 0 aromatic heterocycles. The van der Waals surface area contributed by atoms with Gasteiger partial charge in [0.1, 0.15) is 0 Å². The molecule has 0 atom stereocenters. The van der Waals surface area contributed by atoms with E-state index in [2.05, 4.69) is 14.7 Å². The van der Waals surface area contributed by atoms with Gasteiger partial charge in [-0.3, -0.25) is 0 Å². The lowest BCUT2D eigenvalue weighted by Crippen LogP contribution is -2.29. The van der Waals surface area contributed by atoms with Crippen LogP contribution in [0.2, 0.25) is 0 Å². The Bertz CT molecular complexity index is 105. The number of hydrogen-bond acceptors (Lipinski definition) is 5. The van der Waals surface area contributed by atoms with Crippen molar-refractivity contribution < 1.29 is 14.3 Å². The topological polar surface area (TPSA) is 65.0 Å². The minimum Gasteiger partial charge on any atom is -0.328 e. The van der Waals surface area contributed by atoms with Crippen LogP contribution in [0.5, 0.6) is 0 Å². The maximum atomic E-state index is 8.41. The van der Waals surface area contributed by atoms with E-state index >= 15 is 0 Å². The second-order valence-corrected chi connectivity index (χ2v) is 3.26. The Balaban J connectivity index is 3.13. The molecule has 0 aromatic rings. The summed E-state index contributed by atoms with van der Waals surface area (Å²) in [7, 11) is 1.66. The van der Waals surface area contributed by atoms with Gasteiger partial charge in [0.05, 0.1) is 6.61 Å². The molecule has 74 valence electrons. The highest BCUT2D eigenvalue weighted by Gasteiger charge is 2.00. The van der Waals surface area contributed by atoms with E-state index in [1.54, 1.807) is 0 Å². The minimum atomic E-state index is -2.19. The van der Waals surface area contributed by atoms with Gasteiger partial charge < -0.3 is 24.5 Å². The van der Waals surface area contributed by atoms with Crippen molar-refractivity contribution >= 4 is 8.60 Å². The van der Waals surface area contributed by atoms with Crippen LogP contribution in [-0.4, -0.2) is 55.0 Å². The number of nitrogens with one attached hydrogen (secondary N) is 1. The molecular weight excluding hydrogens is 179 g/mol. The monoisotopic (exact) mass is 196 g/mol. The van der Waals surface area contributed by atoms with Gasteiger partial charge in [-0.1, -0.05) is 0 Å². The first-order chi connectivity index (χ1) is 5.66. The maximum absolute atomic E-state index is 8.41. The fourth-order valence-corrected chi connectivity index (χ4v) is 0.938. The first-order valence-electron chi connectivity index (χ1n) is 3.80. The summed E-state index contributed by atoms with van der Waals surface area (Å²) in [4.78, 5) is 18.9. The average molecular weight is 196 g/mol. The van der Waals surface area contributed by atoms with E-state index in [1.807, 2.05) is 14.1 Å². The third kappa shape index (κ3) is 8.33. The van der Waals surface area contributed by atoms with E-state index in [0.717, 1.165) is 13.1 Å². The van der Waals surface area contributed by atoms with E-state index in [4.69, 9.17) is 9.79 Å². The van der Waals surface area contributed by atoms with Gasteiger partial charge >= 0.3 is 8.60 Å². The lowest BCUT2D eigenvalue weighted by molar-refractivity contribution is 0.211. The van der Waals surface area contributed by atoms with Crippen LogP contribution in [-0.2, 0) is 4.52 Å². The molecular formula is C6H17N2O3P. The van der Waals surface area contributed by atoms with E-state index in [1.165, 1.54) is 0 Å². The van der Waals surface area contributed by atoms with Crippen molar-refractivity contribution in [2.75, 3.05) is 40.3 Å². The van der Waals surface area contributed by atoms with Crippen LogP contribution in [0.3, 0.4) is 0 Å². The SMILES string of the molecule is CNCCN(C)CCOP(O)O. The number of rotatable bonds is 7. The highest BCUT2D eigenvalue weighted by molar-refractivity contribution is 7.39. The average Bonchev–Trinajstić information content (AvgIpc) is 2.00. The Kier molecular flexibility index (Phi) is 8.01. The highest BCUT2D eigenvalue weighted by Crippen LogP contribution is 2.23. The molecule has 0 aromatic carbocycles. The predicted octanol–water partition coefficient (Wildman–Crippen LogP) is -0.634. The highest BCUT2D eigenvalue weighted by atomic mass is 31.2. The molecule has 0 rings (SSSR count). The standard InChI is InChI=1S/C6H17N2O3P/c1-7-3-4-8(2)5-6-11-12(9)10/h7,9-10H,3-6H2,1-2H3. The zero-order valence-electron chi connectivity index (χ0n) is 7.53. The van der Waals surface area contributed by atoms with Crippen LogP contribution < -0.4 is 5.32 Å². The normalized spacial score (nSPS) is 11.5. The van der Waals surface area contributed by atoms with Gasteiger partial charge in [0.15, 0.2) is 0 Å². The fourth-order valence-electron chi connectivity index (χ4n) is 0.693.